The van der Waals surface area contributed by atoms with Crippen LogP contribution in [0.25, 0.3) is 0 Å². The van der Waals surface area contributed by atoms with Crippen molar-refractivity contribution in [2.45, 2.75) is 47.0 Å². The minimum atomic E-state index is -0.0385. The van der Waals surface area contributed by atoms with Gasteiger partial charge in [0.05, 0.1) is 17.8 Å². The summed E-state index contributed by atoms with van der Waals surface area (Å²) in [7, 11) is 0. The number of allylic oxidation sites excluding steroid dienone is 2. The number of hydrogen-bond donors (Lipinski definition) is 0. The van der Waals surface area contributed by atoms with E-state index in [4.69, 9.17) is 4.74 Å². The number of esters is 1. The van der Waals surface area contributed by atoms with Crippen molar-refractivity contribution >= 4 is 5.97 Å². The van der Waals surface area contributed by atoms with Gasteiger partial charge in [-0.2, -0.15) is 0 Å². The molecule has 2 aliphatic rings. The van der Waals surface area contributed by atoms with Gasteiger partial charge in [0.2, 0.25) is 0 Å². The fourth-order valence-corrected chi connectivity index (χ4v) is 2.68. The van der Waals surface area contributed by atoms with Gasteiger partial charge in [0.15, 0.2) is 0 Å². The van der Waals surface area contributed by atoms with E-state index >= 15 is 0 Å². The van der Waals surface area contributed by atoms with Crippen LogP contribution in [0, 0.1) is 25.7 Å². The molecule has 0 bridgehead atoms. The number of aromatic nitrogens is 2. The van der Waals surface area contributed by atoms with E-state index in [0.717, 1.165) is 23.6 Å². The molecular formula is C16H22N2O2. The third kappa shape index (κ3) is 3.44. The number of carbonyl (C=O) groups is 1. The standard InChI is InChI=1S/C10H14O2.C6H8N2/c1-6-3-4-8-5-9(11)12-10(8)7(6)2;1-5-3-7-4-6(2)8-5/h6,8H,3-5H2,1-2H3;3-4H,1-2H3. The monoisotopic (exact) mass is 274 g/mol. The third-order valence-corrected chi connectivity index (χ3v) is 3.96. The van der Waals surface area contributed by atoms with Crippen molar-refractivity contribution in [1.29, 1.82) is 0 Å². The highest BCUT2D eigenvalue weighted by atomic mass is 16.5. The summed E-state index contributed by atoms with van der Waals surface area (Å²) in [6.45, 7) is 8.15. The van der Waals surface area contributed by atoms with Crippen LogP contribution in [-0.4, -0.2) is 15.9 Å². The molecule has 1 saturated heterocycles. The average Bonchev–Trinajstić information content (AvgIpc) is 2.76. The lowest BCUT2D eigenvalue weighted by Gasteiger charge is -2.23. The minimum Gasteiger partial charge on any atom is -0.431 e. The van der Waals surface area contributed by atoms with Crippen LogP contribution in [0.15, 0.2) is 23.7 Å². The van der Waals surface area contributed by atoms with E-state index in [1.807, 2.05) is 13.8 Å². The highest BCUT2D eigenvalue weighted by Gasteiger charge is 2.35. The largest absolute Gasteiger partial charge is 0.431 e. The molecule has 1 aromatic heterocycles. The molecule has 0 spiro atoms. The molecule has 1 aliphatic heterocycles. The Labute approximate surface area is 120 Å². The number of nitrogens with zero attached hydrogens (tertiary/aromatic N) is 2. The van der Waals surface area contributed by atoms with Crippen LogP contribution in [0.1, 0.15) is 44.5 Å². The Morgan fingerprint density at radius 2 is 1.80 bits per heavy atom. The lowest BCUT2D eigenvalue weighted by Crippen LogP contribution is -2.13. The first-order chi connectivity index (χ1) is 9.47. The summed E-state index contributed by atoms with van der Waals surface area (Å²) < 4.78 is 5.19. The highest BCUT2D eigenvalue weighted by molar-refractivity contribution is 5.74. The van der Waals surface area contributed by atoms with Crippen LogP contribution in [0.2, 0.25) is 0 Å². The van der Waals surface area contributed by atoms with E-state index in [2.05, 4.69) is 23.8 Å². The normalized spacial score (nSPS) is 24.7. The summed E-state index contributed by atoms with van der Waals surface area (Å²) in [6.07, 6.45) is 6.43. The second-order valence-corrected chi connectivity index (χ2v) is 5.70. The van der Waals surface area contributed by atoms with Crippen molar-refractivity contribution < 1.29 is 9.53 Å². The molecule has 2 heterocycles. The molecule has 1 fully saturated rings. The van der Waals surface area contributed by atoms with E-state index < -0.39 is 0 Å². The van der Waals surface area contributed by atoms with Gasteiger partial charge < -0.3 is 4.74 Å². The molecule has 0 N–H and O–H groups in total. The van der Waals surface area contributed by atoms with E-state index in [9.17, 15) is 4.79 Å². The van der Waals surface area contributed by atoms with E-state index in [1.54, 1.807) is 12.4 Å². The van der Waals surface area contributed by atoms with Crippen molar-refractivity contribution in [2.24, 2.45) is 11.8 Å². The van der Waals surface area contributed by atoms with E-state index in [0.29, 0.717) is 18.3 Å². The van der Waals surface area contributed by atoms with Gasteiger partial charge in [-0.25, -0.2) is 0 Å². The third-order valence-electron chi connectivity index (χ3n) is 3.96. The molecule has 0 saturated carbocycles. The number of aryl methyl sites for hydroxylation is 2. The Morgan fingerprint density at radius 1 is 1.15 bits per heavy atom. The van der Waals surface area contributed by atoms with Gasteiger partial charge in [-0.15, -0.1) is 0 Å². The van der Waals surface area contributed by atoms with E-state index in [-0.39, 0.29) is 5.97 Å². The second kappa shape index (κ2) is 6.16. The molecule has 108 valence electrons. The molecule has 4 heteroatoms. The van der Waals surface area contributed by atoms with Crippen molar-refractivity contribution in [3.63, 3.8) is 0 Å². The van der Waals surface area contributed by atoms with Crippen LogP contribution >= 0.6 is 0 Å². The zero-order chi connectivity index (χ0) is 14.7. The van der Waals surface area contributed by atoms with E-state index in [1.165, 1.54) is 12.0 Å². The van der Waals surface area contributed by atoms with Crippen LogP contribution in [0.3, 0.4) is 0 Å². The first kappa shape index (κ1) is 14.7. The zero-order valence-corrected chi connectivity index (χ0v) is 12.6. The number of rotatable bonds is 0. The lowest BCUT2D eigenvalue weighted by molar-refractivity contribution is -0.135. The lowest BCUT2D eigenvalue weighted by atomic mass is 9.82. The molecule has 20 heavy (non-hydrogen) atoms. The molecular weight excluding hydrogens is 252 g/mol. The maximum Gasteiger partial charge on any atom is 0.311 e. The predicted octanol–water partition coefficient (Wildman–Crippen LogP) is 3.35. The number of ether oxygens (including phenoxy) is 1. The van der Waals surface area contributed by atoms with Gasteiger partial charge in [0.1, 0.15) is 5.76 Å². The highest BCUT2D eigenvalue weighted by Crippen LogP contribution is 2.40. The SMILES string of the molecule is CC1=C2OC(=O)CC2CCC1C.Cc1cncc(C)n1. The van der Waals surface area contributed by atoms with Gasteiger partial charge in [0, 0.05) is 18.3 Å². The van der Waals surface area contributed by atoms with Gasteiger partial charge in [0.25, 0.3) is 0 Å². The Hall–Kier alpha value is -1.71. The van der Waals surface area contributed by atoms with Gasteiger partial charge in [-0.05, 0) is 45.1 Å². The Balaban J connectivity index is 0.000000160. The number of fused-ring (bicyclic) bond motifs is 1. The van der Waals surface area contributed by atoms with Crippen LogP contribution in [-0.2, 0) is 9.53 Å². The molecule has 1 aromatic rings. The molecule has 2 atom stereocenters. The maximum atomic E-state index is 11.0. The van der Waals surface area contributed by atoms with Crippen LogP contribution in [0.5, 0.6) is 0 Å². The maximum absolute atomic E-state index is 11.0. The van der Waals surface area contributed by atoms with Crippen molar-refractivity contribution in [3.8, 4) is 0 Å². The molecule has 0 amide bonds. The first-order valence-corrected chi connectivity index (χ1v) is 7.14. The summed E-state index contributed by atoms with van der Waals surface area (Å²) in [5.41, 5.74) is 3.24. The molecule has 4 nitrogen and oxygen atoms in total. The zero-order valence-electron chi connectivity index (χ0n) is 12.6. The fraction of sp³-hybridized carbons (Fsp3) is 0.562. The quantitative estimate of drug-likeness (QED) is 0.681. The molecule has 0 radical (unpaired) electrons. The average molecular weight is 274 g/mol. The predicted molar refractivity (Wildman–Crippen MR) is 76.8 cm³/mol. The minimum absolute atomic E-state index is 0.0385. The topological polar surface area (TPSA) is 52.1 Å². The summed E-state index contributed by atoms with van der Waals surface area (Å²) in [5.74, 6) is 1.96. The summed E-state index contributed by atoms with van der Waals surface area (Å²) in [4.78, 5) is 19.0. The van der Waals surface area contributed by atoms with Crippen molar-refractivity contribution in [2.75, 3.05) is 0 Å². The Bertz CT molecular complexity index is 520. The summed E-state index contributed by atoms with van der Waals surface area (Å²) in [5, 5.41) is 0. The van der Waals surface area contributed by atoms with Gasteiger partial charge in [-0.3, -0.25) is 14.8 Å². The van der Waals surface area contributed by atoms with Gasteiger partial charge >= 0.3 is 5.97 Å². The molecule has 3 rings (SSSR count). The molecule has 0 aromatic carbocycles. The Kier molecular flexibility index (Phi) is 4.53. The summed E-state index contributed by atoms with van der Waals surface area (Å²) in [6, 6.07) is 0. The number of carbonyl (C=O) groups excluding carboxylic acids is 1. The second-order valence-electron chi connectivity index (χ2n) is 5.70. The fourth-order valence-electron chi connectivity index (χ4n) is 2.68. The molecule has 2 unspecified atom stereocenters. The molecule has 1 aliphatic carbocycles. The van der Waals surface area contributed by atoms with Crippen molar-refractivity contribution in [1.82, 2.24) is 9.97 Å². The number of hydrogen-bond acceptors (Lipinski definition) is 4. The van der Waals surface area contributed by atoms with Gasteiger partial charge in [-0.1, -0.05) is 6.92 Å². The first-order valence-electron chi connectivity index (χ1n) is 7.14. The smallest absolute Gasteiger partial charge is 0.311 e. The van der Waals surface area contributed by atoms with Crippen molar-refractivity contribution in [3.05, 3.63) is 35.1 Å². The Morgan fingerprint density at radius 3 is 2.35 bits per heavy atom. The van der Waals surface area contributed by atoms with Crippen LogP contribution in [0.4, 0.5) is 0 Å². The summed E-state index contributed by atoms with van der Waals surface area (Å²) >= 11 is 0. The van der Waals surface area contributed by atoms with Crippen LogP contribution < -0.4 is 0 Å².